The molecule has 9 heteroatoms. The molecule has 0 aromatic heterocycles. The molecule has 1 saturated heterocycles. The third kappa shape index (κ3) is 5.11. The first-order valence-corrected chi connectivity index (χ1v) is 12.5. The van der Waals surface area contributed by atoms with Gasteiger partial charge >= 0.3 is 0 Å². The van der Waals surface area contributed by atoms with Gasteiger partial charge in [0.2, 0.25) is 10.0 Å². The molecule has 28 heavy (non-hydrogen) atoms. The van der Waals surface area contributed by atoms with Gasteiger partial charge in [0.05, 0.1) is 17.2 Å². The highest BCUT2D eigenvalue weighted by Crippen LogP contribution is 2.24. The van der Waals surface area contributed by atoms with E-state index in [-0.39, 0.29) is 17.4 Å². The van der Waals surface area contributed by atoms with Crippen molar-refractivity contribution in [3.05, 3.63) is 65.2 Å². The summed E-state index contributed by atoms with van der Waals surface area (Å²) in [6.45, 7) is 0.767. The van der Waals surface area contributed by atoms with Gasteiger partial charge in [-0.25, -0.2) is 16.8 Å². The van der Waals surface area contributed by atoms with Gasteiger partial charge in [0.1, 0.15) is 0 Å². The molecule has 0 bridgehead atoms. The van der Waals surface area contributed by atoms with Crippen LogP contribution >= 0.6 is 0 Å². The fourth-order valence-electron chi connectivity index (χ4n) is 3.05. The lowest BCUT2D eigenvalue weighted by Crippen LogP contribution is -2.25. The molecule has 3 rings (SSSR count). The maximum atomic E-state index is 12.3. The summed E-state index contributed by atoms with van der Waals surface area (Å²) in [6.07, 6.45) is 1.79. The molecule has 0 unspecified atom stereocenters. The average molecular weight is 423 g/mol. The fourth-order valence-corrected chi connectivity index (χ4v) is 5.41. The van der Waals surface area contributed by atoms with Gasteiger partial charge in [-0.2, -0.15) is 0 Å². The Kier molecular flexibility index (Phi) is 5.76. The van der Waals surface area contributed by atoms with E-state index in [9.17, 15) is 21.6 Å². The Hall–Kier alpha value is -2.39. The van der Waals surface area contributed by atoms with Gasteiger partial charge < -0.3 is 5.32 Å². The van der Waals surface area contributed by atoms with Crippen molar-refractivity contribution in [1.29, 1.82) is 0 Å². The van der Waals surface area contributed by atoms with Gasteiger partial charge in [-0.1, -0.05) is 24.3 Å². The molecule has 1 fully saturated rings. The Balaban J connectivity index is 1.59. The van der Waals surface area contributed by atoms with Crippen molar-refractivity contribution >= 4 is 31.5 Å². The molecule has 1 aliphatic rings. The maximum Gasteiger partial charge on any atom is 0.251 e. The molecule has 1 aliphatic heterocycles. The second kappa shape index (κ2) is 7.92. The highest BCUT2D eigenvalue weighted by atomic mass is 32.2. The number of nitrogens with one attached hydrogen (secondary N) is 1. The quantitative estimate of drug-likeness (QED) is 0.764. The Labute approximate surface area is 165 Å². The van der Waals surface area contributed by atoms with Crippen LogP contribution in [0, 0.1) is 0 Å². The highest BCUT2D eigenvalue weighted by molar-refractivity contribution is 7.93. The number of hydrogen-bond acceptors (Lipinski definition) is 5. The first-order chi connectivity index (χ1) is 13.1. The van der Waals surface area contributed by atoms with Crippen molar-refractivity contribution in [2.45, 2.75) is 18.7 Å². The molecule has 2 aromatic rings. The van der Waals surface area contributed by atoms with Crippen LogP contribution in [0.2, 0.25) is 0 Å². The normalized spacial score (nSPS) is 16.1. The van der Waals surface area contributed by atoms with Gasteiger partial charge in [0.15, 0.2) is 9.84 Å². The Bertz CT molecular complexity index is 1060. The molecule has 150 valence electrons. The minimum atomic E-state index is -3.24. The van der Waals surface area contributed by atoms with Crippen molar-refractivity contribution in [2.75, 3.05) is 22.9 Å². The molecule has 0 radical (unpaired) electrons. The van der Waals surface area contributed by atoms with Crippen LogP contribution in [0.1, 0.15) is 27.9 Å². The summed E-state index contributed by atoms with van der Waals surface area (Å²) in [4.78, 5) is 12.3. The van der Waals surface area contributed by atoms with Crippen molar-refractivity contribution in [1.82, 2.24) is 5.32 Å². The summed E-state index contributed by atoms with van der Waals surface area (Å²) in [5.74, 6) is -0.132. The number of benzene rings is 2. The molecule has 1 N–H and O–H groups in total. The summed E-state index contributed by atoms with van der Waals surface area (Å²) in [5.41, 5.74) is 2.56. The van der Waals surface area contributed by atoms with E-state index in [0.29, 0.717) is 36.3 Å². The van der Waals surface area contributed by atoms with Crippen LogP contribution in [0.5, 0.6) is 0 Å². The number of carbonyl (C=O) groups excluding carboxylic acids is 1. The maximum absolute atomic E-state index is 12.3. The molecule has 0 atom stereocenters. The predicted octanol–water partition coefficient (Wildman–Crippen LogP) is 1.70. The smallest absolute Gasteiger partial charge is 0.251 e. The van der Waals surface area contributed by atoms with E-state index in [0.717, 1.165) is 5.56 Å². The molecule has 7 nitrogen and oxygen atoms in total. The van der Waals surface area contributed by atoms with Crippen LogP contribution < -0.4 is 9.62 Å². The topological polar surface area (TPSA) is 101 Å². The minimum absolute atomic E-state index is 0.0152. The third-order valence-electron chi connectivity index (χ3n) is 4.42. The summed E-state index contributed by atoms with van der Waals surface area (Å²) >= 11 is 0. The summed E-state index contributed by atoms with van der Waals surface area (Å²) in [5, 5.41) is 2.80. The number of sulfonamides is 1. The van der Waals surface area contributed by atoms with Gasteiger partial charge in [-0.15, -0.1) is 0 Å². The van der Waals surface area contributed by atoms with Crippen molar-refractivity contribution in [2.24, 2.45) is 0 Å². The van der Waals surface area contributed by atoms with Crippen LogP contribution in [0.15, 0.2) is 48.5 Å². The van der Waals surface area contributed by atoms with Crippen molar-refractivity contribution in [3.8, 4) is 0 Å². The zero-order chi connectivity index (χ0) is 20.4. The number of sulfone groups is 1. The van der Waals surface area contributed by atoms with Crippen molar-refractivity contribution in [3.63, 3.8) is 0 Å². The number of hydrogen-bond donors (Lipinski definition) is 1. The van der Waals surface area contributed by atoms with Gasteiger partial charge in [0, 0.05) is 24.9 Å². The number of amides is 1. The van der Waals surface area contributed by atoms with E-state index in [1.54, 1.807) is 48.5 Å². The number of rotatable bonds is 6. The molecular formula is C19H22N2O5S2. The zero-order valence-corrected chi connectivity index (χ0v) is 17.1. The lowest BCUT2D eigenvalue weighted by molar-refractivity contribution is 0.0951. The van der Waals surface area contributed by atoms with Crippen LogP contribution in [0.25, 0.3) is 0 Å². The van der Waals surface area contributed by atoms with Crippen LogP contribution in [-0.4, -0.2) is 41.3 Å². The first-order valence-electron chi connectivity index (χ1n) is 8.78. The lowest BCUT2D eigenvalue weighted by Gasteiger charge is -2.17. The second-order valence-corrected chi connectivity index (χ2v) is 11.0. The third-order valence-corrected chi connectivity index (χ3v) is 7.15. The highest BCUT2D eigenvalue weighted by Gasteiger charge is 2.28. The van der Waals surface area contributed by atoms with Gasteiger partial charge in [-0.05, 0) is 41.8 Å². The Morgan fingerprint density at radius 2 is 1.64 bits per heavy atom. The molecule has 1 amide bonds. The average Bonchev–Trinajstić information content (AvgIpc) is 2.99. The van der Waals surface area contributed by atoms with Gasteiger partial charge in [-0.3, -0.25) is 9.10 Å². The first kappa shape index (κ1) is 20.3. The lowest BCUT2D eigenvalue weighted by atomic mass is 10.1. The fraction of sp³-hybridized carbons (Fsp3) is 0.316. The molecule has 0 spiro atoms. The largest absolute Gasteiger partial charge is 0.348 e. The minimum Gasteiger partial charge on any atom is -0.348 e. The summed E-state index contributed by atoms with van der Waals surface area (Å²) in [6, 6.07) is 13.5. The van der Waals surface area contributed by atoms with E-state index >= 15 is 0 Å². The summed E-state index contributed by atoms with van der Waals surface area (Å²) in [7, 11) is -6.32. The molecule has 1 heterocycles. The Morgan fingerprint density at radius 1 is 1.04 bits per heavy atom. The van der Waals surface area contributed by atoms with Crippen LogP contribution in [-0.2, 0) is 32.2 Å². The number of carbonyl (C=O) groups is 1. The molecule has 0 saturated carbocycles. The van der Waals surface area contributed by atoms with Crippen LogP contribution in [0.4, 0.5) is 5.69 Å². The SMILES string of the molecule is CS(=O)(=O)Cc1ccc(CNC(=O)c2ccc(N3CCCS3(=O)=O)cc2)cc1. The predicted molar refractivity (Wildman–Crippen MR) is 108 cm³/mol. The van der Waals surface area contributed by atoms with Gasteiger partial charge in [0.25, 0.3) is 5.91 Å². The molecule has 0 aliphatic carbocycles. The monoisotopic (exact) mass is 422 g/mol. The van der Waals surface area contributed by atoms with Crippen molar-refractivity contribution < 1.29 is 21.6 Å². The standard InChI is InChI=1S/C19H22N2O5S2/c1-27(23,24)14-16-5-3-15(4-6-16)13-20-19(22)17-7-9-18(10-8-17)21-11-2-12-28(21,25)26/h3-10H,2,11-14H2,1H3,(H,20,22). The molecular weight excluding hydrogens is 400 g/mol. The number of anilines is 1. The van der Waals surface area contributed by atoms with E-state index in [1.807, 2.05) is 0 Å². The summed E-state index contributed by atoms with van der Waals surface area (Å²) < 4.78 is 47.9. The Morgan fingerprint density at radius 3 is 2.18 bits per heavy atom. The number of nitrogens with zero attached hydrogens (tertiary/aromatic N) is 1. The van der Waals surface area contributed by atoms with E-state index < -0.39 is 19.9 Å². The van der Waals surface area contributed by atoms with E-state index in [4.69, 9.17) is 0 Å². The van der Waals surface area contributed by atoms with Crippen LogP contribution in [0.3, 0.4) is 0 Å². The van der Waals surface area contributed by atoms with E-state index in [1.165, 1.54) is 10.6 Å². The zero-order valence-electron chi connectivity index (χ0n) is 15.5. The van der Waals surface area contributed by atoms with E-state index in [2.05, 4.69) is 5.32 Å². The second-order valence-electron chi connectivity index (χ2n) is 6.86. The molecule has 2 aromatic carbocycles.